The van der Waals surface area contributed by atoms with Gasteiger partial charge in [-0.1, -0.05) is 23.7 Å². The third-order valence-corrected chi connectivity index (χ3v) is 3.48. The van der Waals surface area contributed by atoms with Crippen molar-refractivity contribution >= 4 is 17.4 Å². The Balaban J connectivity index is 1.97. The van der Waals surface area contributed by atoms with E-state index in [-0.39, 0.29) is 12.6 Å². The van der Waals surface area contributed by atoms with Gasteiger partial charge in [-0.25, -0.2) is 0 Å². The van der Waals surface area contributed by atoms with Gasteiger partial charge in [0.2, 0.25) is 6.79 Å². The summed E-state index contributed by atoms with van der Waals surface area (Å²) in [7, 11) is 0. The molecule has 2 aromatic rings. The molecule has 0 aromatic heterocycles. The summed E-state index contributed by atoms with van der Waals surface area (Å²) in [5.74, 6) is 1.18. The van der Waals surface area contributed by atoms with E-state index in [1.54, 1.807) is 30.3 Å². The Morgan fingerprint density at radius 1 is 1.05 bits per heavy atom. The molecule has 1 aliphatic rings. The summed E-state index contributed by atoms with van der Waals surface area (Å²) in [4.78, 5) is 12.4. The van der Waals surface area contributed by atoms with Crippen LogP contribution in [0.5, 0.6) is 11.5 Å². The first-order valence-electron chi connectivity index (χ1n) is 5.85. The van der Waals surface area contributed by atoms with Crippen LogP contribution >= 0.6 is 11.6 Å². The van der Waals surface area contributed by atoms with Gasteiger partial charge in [-0.15, -0.1) is 0 Å². The molecule has 1 heterocycles. The molecule has 0 bridgehead atoms. The van der Waals surface area contributed by atoms with Crippen molar-refractivity contribution in [3.63, 3.8) is 0 Å². The first kappa shape index (κ1) is 12.1. The van der Waals surface area contributed by atoms with Gasteiger partial charge in [-0.05, 0) is 36.8 Å². The van der Waals surface area contributed by atoms with Crippen molar-refractivity contribution in [2.75, 3.05) is 6.79 Å². The minimum atomic E-state index is -0.0831. The maximum absolute atomic E-state index is 12.4. The highest BCUT2D eigenvalue weighted by Gasteiger charge is 2.17. The summed E-state index contributed by atoms with van der Waals surface area (Å²) >= 11 is 6.04. The minimum Gasteiger partial charge on any atom is -0.454 e. The van der Waals surface area contributed by atoms with Crippen molar-refractivity contribution in [3.05, 3.63) is 58.1 Å². The lowest BCUT2D eigenvalue weighted by molar-refractivity contribution is 0.103. The third-order valence-electron chi connectivity index (χ3n) is 3.07. The highest BCUT2D eigenvalue weighted by Crippen LogP contribution is 2.33. The van der Waals surface area contributed by atoms with Crippen molar-refractivity contribution in [2.24, 2.45) is 0 Å². The van der Waals surface area contributed by atoms with E-state index in [0.29, 0.717) is 27.6 Å². The van der Waals surface area contributed by atoms with Crippen LogP contribution < -0.4 is 9.47 Å². The van der Waals surface area contributed by atoms with Gasteiger partial charge >= 0.3 is 0 Å². The maximum Gasteiger partial charge on any atom is 0.231 e. The van der Waals surface area contributed by atoms with Gasteiger partial charge in [0.15, 0.2) is 17.3 Å². The first-order valence-corrected chi connectivity index (χ1v) is 6.23. The van der Waals surface area contributed by atoms with Gasteiger partial charge in [0.25, 0.3) is 0 Å². The molecule has 3 rings (SSSR count). The monoisotopic (exact) mass is 274 g/mol. The zero-order valence-electron chi connectivity index (χ0n) is 10.3. The molecule has 1 aliphatic heterocycles. The van der Waals surface area contributed by atoms with Gasteiger partial charge in [0.1, 0.15) is 0 Å². The molecule has 0 fully saturated rings. The molecule has 2 aromatic carbocycles. The fourth-order valence-corrected chi connectivity index (χ4v) is 2.12. The topological polar surface area (TPSA) is 35.5 Å². The summed E-state index contributed by atoms with van der Waals surface area (Å²) in [6.45, 7) is 2.10. The van der Waals surface area contributed by atoms with Crippen molar-refractivity contribution in [1.82, 2.24) is 0 Å². The van der Waals surface area contributed by atoms with Crippen LogP contribution in [0.4, 0.5) is 0 Å². The summed E-state index contributed by atoms with van der Waals surface area (Å²) in [5.41, 5.74) is 2.07. The number of halogens is 1. The van der Waals surface area contributed by atoms with E-state index >= 15 is 0 Å². The molecule has 0 saturated carbocycles. The van der Waals surface area contributed by atoms with Gasteiger partial charge in [-0.3, -0.25) is 4.79 Å². The number of ketones is 1. The van der Waals surface area contributed by atoms with Crippen LogP contribution in [-0.2, 0) is 0 Å². The molecule has 0 saturated heterocycles. The Morgan fingerprint density at radius 3 is 2.53 bits per heavy atom. The van der Waals surface area contributed by atoms with E-state index in [4.69, 9.17) is 21.1 Å². The fourth-order valence-electron chi connectivity index (χ4n) is 1.94. The normalized spacial score (nSPS) is 12.5. The van der Waals surface area contributed by atoms with Gasteiger partial charge in [-0.2, -0.15) is 0 Å². The molecule has 0 amide bonds. The molecule has 0 unspecified atom stereocenters. The van der Waals surface area contributed by atoms with Crippen molar-refractivity contribution in [3.8, 4) is 11.5 Å². The molecule has 0 N–H and O–H groups in total. The SMILES string of the molecule is Cc1ccc(C(=O)c2ccc3c(c2)OCO3)cc1Cl. The van der Waals surface area contributed by atoms with E-state index in [2.05, 4.69) is 0 Å². The van der Waals surface area contributed by atoms with E-state index in [1.807, 2.05) is 13.0 Å². The Hall–Kier alpha value is -2.00. The van der Waals surface area contributed by atoms with Crippen LogP contribution in [0.15, 0.2) is 36.4 Å². The van der Waals surface area contributed by atoms with E-state index in [1.165, 1.54) is 0 Å². The van der Waals surface area contributed by atoms with Crippen LogP contribution in [0.25, 0.3) is 0 Å². The number of carbonyl (C=O) groups excluding carboxylic acids is 1. The lowest BCUT2D eigenvalue weighted by Gasteiger charge is -2.04. The Morgan fingerprint density at radius 2 is 1.74 bits per heavy atom. The highest BCUT2D eigenvalue weighted by molar-refractivity contribution is 6.31. The average molecular weight is 275 g/mol. The number of carbonyl (C=O) groups is 1. The van der Waals surface area contributed by atoms with Crippen molar-refractivity contribution in [1.29, 1.82) is 0 Å². The largest absolute Gasteiger partial charge is 0.454 e. The molecule has 96 valence electrons. The van der Waals surface area contributed by atoms with Crippen LogP contribution in [0.3, 0.4) is 0 Å². The molecule has 0 atom stereocenters. The summed E-state index contributed by atoms with van der Waals surface area (Å²) < 4.78 is 10.5. The quantitative estimate of drug-likeness (QED) is 0.785. The number of hydrogen-bond donors (Lipinski definition) is 0. The minimum absolute atomic E-state index is 0.0831. The lowest BCUT2D eigenvalue weighted by Crippen LogP contribution is -2.01. The molecule has 0 spiro atoms. The molecule has 4 heteroatoms. The van der Waals surface area contributed by atoms with Gasteiger partial charge in [0, 0.05) is 16.1 Å². The van der Waals surface area contributed by atoms with Crippen LogP contribution in [0, 0.1) is 6.92 Å². The zero-order chi connectivity index (χ0) is 13.4. The highest BCUT2D eigenvalue weighted by atomic mass is 35.5. The van der Waals surface area contributed by atoms with Gasteiger partial charge < -0.3 is 9.47 Å². The third kappa shape index (κ3) is 2.17. The second kappa shape index (κ2) is 4.59. The Kier molecular flexibility index (Phi) is 2.91. The standard InChI is InChI=1S/C15H11ClO3/c1-9-2-3-10(6-12(9)16)15(17)11-4-5-13-14(7-11)19-8-18-13/h2-7H,8H2,1H3. The fraction of sp³-hybridized carbons (Fsp3) is 0.133. The van der Waals surface area contributed by atoms with Crippen molar-refractivity contribution in [2.45, 2.75) is 6.92 Å². The summed E-state index contributed by atoms with van der Waals surface area (Å²) in [6, 6.07) is 10.5. The maximum atomic E-state index is 12.4. The van der Waals surface area contributed by atoms with Crippen molar-refractivity contribution < 1.29 is 14.3 Å². The number of hydrogen-bond acceptors (Lipinski definition) is 3. The van der Waals surface area contributed by atoms with E-state index in [9.17, 15) is 4.79 Å². The first-order chi connectivity index (χ1) is 9.15. The predicted octanol–water partition coefficient (Wildman–Crippen LogP) is 3.61. The molecule has 19 heavy (non-hydrogen) atoms. The number of aryl methyl sites for hydroxylation is 1. The zero-order valence-corrected chi connectivity index (χ0v) is 11.0. The second-order valence-corrected chi connectivity index (χ2v) is 4.77. The smallest absolute Gasteiger partial charge is 0.231 e. The van der Waals surface area contributed by atoms with E-state index < -0.39 is 0 Å². The molecular formula is C15H11ClO3. The molecule has 0 aliphatic carbocycles. The molecule has 0 radical (unpaired) electrons. The Bertz CT molecular complexity index is 664. The molecule has 3 nitrogen and oxygen atoms in total. The number of rotatable bonds is 2. The van der Waals surface area contributed by atoms with E-state index in [0.717, 1.165) is 5.56 Å². The number of ether oxygens (including phenoxy) is 2. The second-order valence-electron chi connectivity index (χ2n) is 4.36. The van der Waals surface area contributed by atoms with Crippen LogP contribution in [0.1, 0.15) is 21.5 Å². The van der Waals surface area contributed by atoms with Crippen LogP contribution in [0.2, 0.25) is 5.02 Å². The number of fused-ring (bicyclic) bond motifs is 1. The van der Waals surface area contributed by atoms with Crippen LogP contribution in [-0.4, -0.2) is 12.6 Å². The lowest BCUT2D eigenvalue weighted by atomic mass is 10.0. The predicted molar refractivity (Wildman–Crippen MR) is 72.2 cm³/mol. The average Bonchev–Trinajstić information content (AvgIpc) is 2.88. The molecular weight excluding hydrogens is 264 g/mol. The number of benzene rings is 2. The Labute approximate surface area is 115 Å². The summed E-state index contributed by atoms with van der Waals surface area (Å²) in [5, 5.41) is 0.589. The summed E-state index contributed by atoms with van der Waals surface area (Å²) in [6.07, 6.45) is 0. The van der Waals surface area contributed by atoms with Gasteiger partial charge in [0.05, 0.1) is 0 Å².